The summed E-state index contributed by atoms with van der Waals surface area (Å²) < 4.78 is 5.45. The van der Waals surface area contributed by atoms with E-state index < -0.39 is 54.1 Å². The molecule has 12 nitrogen and oxygen atoms in total. The lowest BCUT2D eigenvalue weighted by molar-refractivity contribution is -0.131. The summed E-state index contributed by atoms with van der Waals surface area (Å²) in [7, 11) is 0. The molecule has 0 aliphatic heterocycles. The Kier molecular flexibility index (Phi) is 17.5. The van der Waals surface area contributed by atoms with Crippen LogP contribution < -0.4 is 21.3 Å². The number of hydrogen-bond acceptors (Lipinski definition) is 8. The fourth-order valence-corrected chi connectivity index (χ4v) is 5.97. The molecule has 0 aliphatic rings. The molecule has 2 aromatic carbocycles. The number of benzene rings is 2. The van der Waals surface area contributed by atoms with Crippen molar-refractivity contribution in [3.63, 3.8) is 0 Å². The first-order valence-electron chi connectivity index (χ1n) is 18.4. The van der Waals surface area contributed by atoms with Crippen molar-refractivity contribution in [2.75, 3.05) is 6.61 Å². The van der Waals surface area contributed by atoms with Gasteiger partial charge in [-0.15, -0.1) is 0 Å². The highest BCUT2D eigenvalue weighted by atomic mass is 16.5. The Morgan fingerprint density at radius 1 is 0.827 bits per heavy atom. The van der Waals surface area contributed by atoms with Crippen LogP contribution in [0.1, 0.15) is 84.3 Å². The number of pyridine rings is 1. The van der Waals surface area contributed by atoms with Gasteiger partial charge < -0.3 is 36.2 Å². The van der Waals surface area contributed by atoms with Crippen LogP contribution in [0.25, 0.3) is 10.9 Å². The lowest BCUT2D eigenvalue weighted by Crippen LogP contribution is -2.57. The van der Waals surface area contributed by atoms with E-state index in [9.17, 15) is 29.4 Å². The van der Waals surface area contributed by atoms with Gasteiger partial charge in [0.05, 0.1) is 36.7 Å². The molecule has 0 fully saturated rings. The van der Waals surface area contributed by atoms with Gasteiger partial charge in [0.15, 0.2) is 0 Å². The smallest absolute Gasteiger partial charge is 0.408 e. The highest BCUT2D eigenvalue weighted by Gasteiger charge is 2.32. The van der Waals surface area contributed by atoms with Gasteiger partial charge in [-0.2, -0.15) is 0 Å². The van der Waals surface area contributed by atoms with E-state index in [1.54, 1.807) is 12.3 Å². The Bertz CT molecular complexity index is 1560. The average Bonchev–Trinajstić information content (AvgIpc) is 3.13. The monoisotopic (exact) mass is 719 g/mol. The van der Waals surface area contributed by atoms with Gasteiger partial charge in [-0.25, -0.2) is 4.79 Å². The molecule has 0 saturated heterocycles. The number of nitrogens with one attached hydrogen (secondary N) is 4. The second-order valence-electron chi connectivity index (χ2n) is 13.9. The highest BCUT2D eigenvalue weighted by molar-refractivity contribution is 5.92. The maximum atomic E-state index is 14.0. The van der Waals surface area contributed by atoms with Crippen LogP contribution in [0.2, 0.25) is 0 Å². The molecule has 3 aromatic rings. The first kappa shape index (κ1) is 41.9. The predicted molar refractivity (Wildman–Crippen MR) is 201 cm³/mol. The van der Waals surface area contributed by atoms with Crippen molar-refractivity contribution in [3.05, 3.63) is 78.0 Å². The van der Waals surface area contributed by atoms with Gasteiger partial charge >= 0.3 is 6.09 Å². The SMILES string of the molecule is CCCC[C@H](NC(=O)[C@H](Cc1ccnc2ccccc12)NC(=O)OCc1ccccc1)C(=O)NC(CC(C)C)C(O)CC(=O)N[C@H](CO)C(C)CC. The molecule has 0 spiro atoms. The zero-order valence-electron chi connectivity index (χ0n) is 31.1. The van der Waals surface area contributed by atoms with Gasteiger partial charge in [0.1, 0.15) is 18.7 Å². The maximum Gasteiger partial charge on any atom is 0.408 e. The number of unbranched alkanes of at least 4 members (excludes halogenated alkanes) is 1. The third-order valence-electron chi connectivity index (χ3n) is 9.25. The van der Waals surface area contributed by atoms with Crippen LogP contribution in [0.5, 0.6) is 0 Å². The van der Waals surface area contributed by atoms with E-state index in [1.807, 2.05) is 89.2 Å². The van der Waals surface area contributed by atoms with E-state index in [0.717, 1.165) is 34.9 Å². The lowest BCUT2D eigenvalue weighted by Gasteiger charge is -2.29. The first-order chi connectivity index (χ1) is 24.9. The Balaban J connectivity index is 1.80. The van der Waals surface area contributed by atoms with Crippen LogP contribution in [0, 0.1) is 11.8 Å². The van der Waals surface area contributed by atoms with Gasteiger partial charge in [0, 0.05) is 18.0 Å². The normalized spacial score (nSPS) is 14.8. The third kappa shape index (κ3) is 13.5. The molecule has 0 aliphatic carbocycles. The summed E-state index contributed by atoms with van der Waals surface area (Å²) in [4.78, 5) is 58.2. The number of fused-ring (bicyclic) bond motifs is 1. The number of aliphatic hydroxyl groups excluding tert-OH is 2. The molecule has 3 rings (SSSR count). The van der Waals surface area contributed by atoms with Crippen LogP contribution in [0.3, 0.4) is 0 Å². The molecular formula is C40H57N5O7. The van der Waals surface area contributed by atoms with Crippen molar-refractivity contribution >= 4 is 34.7 Å². The van der Waals surface area contributed by atoms with Crippen molar-refractivity contribution < 1.29 is 34.1 Å². The van der Waals surface area contributed by atoms with Crippen molar-refractivity contribution in [3.8, 4) is 0 Å². The molecule has 0 saturated carbocycles. The number of alkyl carbamates (subject to hydrolysis) is 1. The van der Waals surface area contributed by atoms with E-state index in [-0.39, 0.29) is 37.9 Å². The Hall–Kier alpha value is -4.55. The van der Waals surface area contributed by atoms with Gasteiger partial charge in [0.2, 0.25) is 17.7 Å². The van der Waals surface area contributed by atoms with E-state index in [0.29, 0.717) is 19.3 Å². The van der Waals surface area contributed by atoms with Gasteiger partial charge in [-0.3, -0.25) is 19.4 Å². The quantitative estimate of drug-likeness (QED) is 0.0928. The molecule has 1 aromatic heterocycles. The molecule has 4 amide bonds. The van der Waals surface area contributed by atoms with Gasteiger partial charge in [-0.05, 0) is 47.9 Å². The Labute approximate surface area is 307 Å². The van der Waals surface area contributed by atoms with Crippen molar-refractivity contribution in [1.29, 1.82) is 0 Å². The number of carbonyl (C=O) groups is 4. The van der Waals surface area contributed by atoms with E-state index in [4.69, 9.17) is 4.74 Å². The summed E-state index contributed by atoms with van der Waals surface area (Å²) in [5, 5.41) is 33.0. The number of aliphatic hydroxyl groups is 2. The zero-order chi connectivity index (χ0) is 38.0. The van der Waals surface area contributed by atoms with Crippen molar-refractivity contribution in [1.82, 2.24) is 26.3 Å². The van der Waals surface area contributed by atoms with Crippen LogP contribution in [0.15, 0.2) is 66.9 Å². The van der Waals surface area contributed by atoms with Gasteiger partial charge in [0.25, 0.3) is 0 Å². The molecule has 3 unspecified atom stereocenters. The van der Waals surface area contributed by atoms with Crippen molar-refractivity contribution in [2.24, 2.45) is 11.8 Å². The number of aromatic nitrogens is 1. The standard InChI is InChI=1S/C40H57N5O7/c1-6-8-17-32(38(49)44-33(21-26(3)4)36(47)23-37(48)42-35(24-46)27(5)7-2)43-39(50)34(45-40(51)52-25-28-14-10-9-11-15-28)22-29-19-20-41-31-18-13-12-16-30(29)31/h9-16,18-20,26-27,32-36,46-47H,6-8,17,21-25H2,1-5H3,(H,42,48)(H,43,50)(H,44,49)(H,45,51)/t27?,32-,33?,34-,35+,36?/m0/s1. The summed E-state index contributed by atoms with van der Waals surface area (Å²) in [6, 6.07) is 15.2. The minimum absolute atomic E-state index is 0.0105. The summed E-state index contributed by atoms with van der Waals surface area (Å²) in [6.45, 7) is 9.55. The van der Waals surface area contributed by atoms with Crippen molar-refractivity contribution in [2.45, 2.75) is 116 Å². The molecule has 6 N–H and O–H groups in total. The predicted octanol–water partition coefficient (Wildman–Crippen LogP) is 4.55. The lowest BCUT2D eigenvalue weighted by atomic mass is 9.95. The number of ether oxygens (including phenoxy) is 1. The summed E-state index contributed by atoms with van der Waals surface area (Å²) in [6.07, 6.45) is 2.33. The molecule has 0 radical (unpaired) electrons. The summed E-state index contributed by atoms with van der Waals surface area (Å²) in [5.41, 5.74) is 2.30. The number of nitrogens with zero attached hydrogens (tertiary/aromatic N) is 1. The molecule has 284 valence electrons. The number of amides is 4. The zero-order valence-corrected chi connectivity index (χ0v) is 31.1. The van der Waals surface area contributed by atoms with E-state index >= 15 is 0 Å². The topological polar surface area (TPSA) is 179 Å². The fraction of sp³-hybridized carbons (Fsp3) is 0.525. The number of carbonyl (C=O) groups excluding carboxylic acids is 4. The molecule has 0 bridgehead atoms. The Morgan fingerprint density at radius 2 is 1.52 bits per heavy atom. The summed E-state index contributed by atoms with van der Waals surface area (Å²) in [5.74, 6) is -1.39. The minimum atomic E-state index is -1.21. The largest absolute Gasteiger partial charge is 0.445 e. The van der Waals surface area contributed by atoms with E-state index in [1.165, 1.54) is 0 Å². The average molecular weight is 720 g/mol. The van der Waals surface area contributed by atoms with Crippen LogP contribution in [0.4, 0.5) is 4.79 Å². The molecular weight excluding hydrogens is 662 g/mol. The van der Waals surface area contributed by atoms with Crippen LogP contribution >= 0.6 is 0 Å². The molecule has 6 atom stereocenters. The number of rotatable bonds is 21. The second kappa shape index (κ2) is 21.7. The maximum absolute atomic E-state index is 14.0. The van der Waals surface area contributed by atoms with Crippen LogP contribution in [-0.2, 0) is 32.1 Å². The molecule has 12 heteroatoms. The number of hydrogen-bond donors (Lipinski definition) is 6. The highest BCUT2D eigenvalue weighted by Crippen LogP contribution is 2.19. The van der Waals surface area contributed by atoms with Gasteiger partial charge in [-0.1, -0.05) is 102 Å². The molecule has 1 heterocycles. The third-order valence-corrected chi connectivity index (χ3v) is 9.25. The first-order valence-corrected chi connectivity index (χ1v) is 18.4. The van der Waals surface area contributed by atoms with E-state index in [2.05, 4.69) is 26.3 Å². The minimum Gasteiger partial charge on any atom is -0.445 e. The Morgan fingerprint density at radius 3 is 2.19 bits per heavy atom. The fourth-order valence-electron chi connectivity index (χ4n) is 5.97. The second-order valence-corrected chi connectivity index (χ2v) is 13.9. The molecule has 52 heavy (non-hydrogen) atoms. The van der Waals surface area contributed by atoms with Crippen LogP contribution in [-0.4, -0.2) is 75.9 Å². The summed E-state index contributed by atoms with van der Waals surface area (Å²) >= 11 is 0. The number of para-hydroxylation sites is 1.